The zero-order valence-electron chi connectivity index (χ0n) is 35.6. The molecular formula is C57H56N2. The average molecular weight is 769 g/mol. The van der Waals surface area contributed by atoms with E-state index in [1.54, 1.807) is 0 Å². The zero-order valence-corrected chi connectivity index (χ0v) is 35.6. The first-order valence-corrected chi connectivity index (χ1v) is 21.8. The standard InChI is InChI=1S/C57H56N2/c1-55(2,3)39-27-31-47-48-32-28-40(56(4,5)6)36-52(48)57(51(47)35-39)53-37-45(58(41-19-11-7-12-20-41)42-21-13-8-14-22-42)29-33-49(53)50-34-30-46(38-54(50)57)59(43-23-15-9-16-24-43)44-25-17-10-18-26-44/h7-9,11-15,17,19-22,25-38,43H,10,16,18,23-24H2,1-6H3. The van der Waals surface area contributed by atoms with E-state index in [1.165, 1.54) is 67.0 Å². The van der Waals surface area contributed by atoms with Crippen molar-refractivity contribution in [1.82, 2.24) is 0 Å². The van der Waals surface area contributed by atoms with Gasteiger partial charge < -0.3 is 9.80 Å². The third kappa shape index (κ3) is 6.14. The summed E-state index contributed by atoms with van der Waals surface area (Å²) in [5.74, 6) is 0. The van der Waals surface area contributed by atoms with Crippen molar-refractivity contribution >= 4 is 22.7 Å². The lowest BCUT2D eigenvalue weighted by Crippen LogP contribution is -2.35. The molecule has 0 aromatic heterocycles. The smallest absolute Gasteiger partial charge is 0.0727 e. The quantitative estimate of drug-likeness (QED) is 0.155. The molecule has 59 heavy (non-hydrogen) atoms. The molecule has 6 aromatic rings. The van der Waals surface area contributed by atoms with Crippen molar-refractivity contribution in [2.45, 2.75) is 95.9 Å². The van der Waals surface area contributed by atoms with Crippen LogP contribution in [-0.4, -0.2) is 6.04 Å². The van der Waals surface area contributed by atoms with Crippen molar-refractivity contribution in [2.75, 3.05) is 9.80 Å². The van der Waals surface area contributed by atoms with E-state index in [9.17, 15) is 0 Å². The first-order chi connectivity index (χ1) is 28.5. The van der Waals surface area contributed by atoms with Gasteiger partial charge in [0.05, 0.1) is 5.41 Å². The van der Waals surface area contributed by atoms with Gasteiger partial charge in [-0.3, -0.25) is 0 Å². The van der Waals surface area contributed by atoms with Gasteiger partial charge in [-0.2, -0.15) is 0 Å². The molecule has 10 rings (SSSR count). The monoisotopic (exact) mass is 768 g/mol. The third-order valence-corrected chi connectivity index (χ3v) is 13.4. The number of hydrogen-bond acceptors (Lipinski definition) is 2. The molecule has 0 N–H and O–H groups in total. The summed E-state index contributed by atoms with van der Waals surface area (Å²) in [6.45, 7) is 14.1. The van der Waals surface area contributed by atoms with E-state index in [-0.39, 0.29) is 10.8 Å². The summed E-state index contributed by atoms with van der Waals surface area (Å²) < 4.78 is 0. The highest BCUT2D eigenvalue weighted by Gasteiger charge is 2.53. The van der Waals surface area contributed by atoms with Crippen LogP contribution >= 0.6 is 0 Å². The lowest BCUT2D eigenvalue weighted by Gasteiger charge is -2.38. The SMILES string of the molecule is CC(C)(C)c1ccc2c(c1)C1(c3cc(N(c4ccccc4)c4ccccc4)ccc3-c3ccc(N(C4=CCCC=C4)C4CC=CCC4)cc31)c1cc(C(C)(C)C)ccc1-2. The molecule has 4 aliphatic carbocycles. The maximum Gasteiger partial charge on any atom is 0.0727 e. The lowest BCUT2D eigenvalue weighted by atomic mass is 9.68. The first kappa shape index (κ1) is 37.4. The van der Waals surface area contributed by atoms with Crippen LogP contribution in [0.4, 0.5) is 22.7 Å². The van der Waals surface area contributed by atoms with Crippen LogP contribution in [-0.2, 0) is 16.2 Å². The van der Waals surface area contributed by atoms with Crippen molar-refractivity contribution in [2.24, 2.45) is 0 Å². The van der Waals surface area contributed by atoms with Gasteiger partial charge >= 0.3 is 0 Å². The number of fused-ring (bicyclic) bond motifs is 10. The van der Waals surface area contributed by atoms with Crippen molar-refractivity contribution < 1.29 is 0 Å². The Morgan fingerprint density at radius 2 is 0.983 bits per heavy atom. The molecule has 0 bridgehead atoms. The normalized spacial score (nSPS) is 17.3. The molecule has 0 radical (unpaired) electrons. The van der Waals surface area contributed by atoms with Crippen LogP contribution in [0, 0.1) is 0 Å². The largest absolute Gasteiger partial charge is 0.338 e. The lowest BCUT2D eigenvalue weighted by molar-refractivity contribution is 0.577. The minimum absolute atomic E-state index is 0.0158. The van der Waals surface area contributed by atoms with Crippen molar-refractivity contribution in [3.05, 3.63) is 203 Å². The zero-order chi connectivity index (χ0) is 40.5. The molecular weight excluding hydrogens is 713 g/mol. The molecule has 1 spiro atoms. The first-order valence-electron chi connectivity index (χ1n) is 21.8. The summed E-state index contributed by atoms with van der Waals surface area (Å²) in [5, 5.41) is 0. The Morgan fingerprint density at radius 1 is 0.475 bits per heavy atom. The van der Waals surface area contributed by atoms with Crippen molar-refractivity contribution in [1.29, 1.82) is 0 Å². The molecule has 1 unspecified atom stereocenters. The highest BCUT2D eigenvalue weighted by Crippen LogP contribution is 2.64. The fourth-order valence-corrected chi connectivity index (χ4v) is 10.4. The van der Waals surface area contributed by atoms with Crippen LogP contribution in [0.25, 0.3) is 22.3 Å². The Bertz CT molecular complexity index is 2560. The summed E-state index contributed by atoms with van der Waals surface area (Å²) in [4.78, 5) is 5.11. The molecule has 1 atom stereocenters. The second kappa shape index (κ2) is 14.2. The molecule has 0 saturated heterocycles. The molecule has 2 nitrogen and oxygen atoms in total. The van der Waals surface area contributed by atoms with E-state index in [0.29, 0.717) is 6.04 Å². The molecule has 6 aromatic carbocycles. The molecule has 0 saturated carbocycles. The Kier molecular flexibility index (Phi) is 8.98. The summed E-state index contributed by atoms with van der Waals surface area (Å²) in [7, 11) is 0. The fourth-order valence-electron chi connectivity index (χ4n) is 10.4. The Morgan fingerprint density at radius 3 is 1.47 bits per heavy atom. The van der Waals surface area contributed by atoms with Crippen LogP contribution in [0.5, 0.6) is 0 Å². The molecule has 0 heterocycles. The van der Waals surface area contributed by atoms with Gasteiger partial charge in [-0.1, -0.05) is 151 Å². The predicted octanol–water partition coefficient (Wildman–Crippen LogP) is 15.2. The minimum atomic E-state index is -0.530. The van der Waals surface area contributed by atoms with Gasteiger partial charge in [0.15, 0.2) is 0 Å². The van der Waals surface area contributed by atoms with Gasteiger partial charge in [0.25, 0.3) is 0 Å². The molecule has 2 heteroatoms. The second-order valence-corrected chi connectivity index (χ2v) is 19.2. The Hall–Kier alpha value is -5.86. The van der Waals surface area contributed by atoms with E-state index in [4.69, 9.17) is 0 Å². The topological polar surface area (TPSA) is 6.48 Å². The molecule has 294 valence electrons. The summed E-state index contributed by atoms with van der Waals surface area (Å²) in [6.07, 6.45) is 17.5. The predicted molar refractivity (Wildman–Crippen MR) is 251 cm³/mol. The number of para-hydroxylation sites is 2. The number of anilines is 4. The van der Waals surface area contributed by atoms with E-state index in [1.807, 2.05) is 0 Å². The molecule has 0 fully saturated rings. The van der Waals surface area contributed by atoms with Crippen LogP contribution in [0.1, 0.15) is 107 Å². The van der Waals surface area contributed by atoms with E-state index >= 15 is 0 Å². The van der Waals surface area contributed by atoms with E-state index in [2.05, 4.69) is 215 Å². The van der Waals surface area contributed by atoms with Gasteiger partial charge in [-0.25, -0.2) is 0 Å². The van der Waals surface area contributed by atoms with Crippen LogP contribution < -0.4 is 9.80 Å². The highest BCUT2D eigenvalue weighted by molar-refractivity contribution is 5.97. The number of rotatable bonds is 6. The van der Waals surface area contributed by atoms with Crippen LogP contribution in [0.15, 0.2) is 170 Å². The maximum atomic E-state index is 2.68. The third-order valence-electron chi connectivity index (χ3n) is 13.4. The Labute approximate surface area is 352 Å². The van der Waals surface area contributed by atoms with E-state index < -0.39 is 5.41 Å². The maximum absolute atomic E-state index is 2.68. The average Bonchev–Trinajstić information content (AvgIpc) is 3.71. The number of benzene rings is 6. The van der Waals surface area contributed by atoms with Crippen molar-refractivity contribution in [3.63, 3.8) is 0 Å². The summed E-state index contributed by atoms with van der Waals surface area (Å²) in [5.41, 5.74) is 19.1. The van der Waals surface area contributed by atoms with Gasteiger partial charge in [0.1, 0.15) is 0 Å². The minimum Gasteiger partial charge on any atom is -0.338 e. The number of nitrogens with zero attached hydrogens (tertiary/aromatic N) is 2. The number of hydrogen-bond donors (Lipinski definition) is 0. The fraction of sp³-hybridized carbons (Fsp3) is 0.263. The van der Waals surface area contributed by atoms with Crippen LogP contribution in [0.2, 0.25) is 0 Å². The summed E-state index contributed by atoms with van der Waals surface area (Å²) in [6, 6.07) is 51.7. The van der Waals surface area contributed by atoms with Crippen molar-refractivity contribution in [3.8, 4) is 22.3 Å². The van der Waals surface area contributed by atoms with Gasteiger partial charge in [-0.15, -0.1) is 0 Å². The second-order valence-electron chi connectivity index (χ2n) is 19.2. The van der Waals surface area contributed by atoms with E-state index in [0.717, 1.165) is 49.2 Å². The van der Waals surface area contributed by atoms with Crippen LogP contribution in [0.3, 0.4) is 0 Å². The molecule has 0 aliphatic heterocycles. The molecule has 4 aliphatic rings. The van der Waals surface area contributed by atoms with Gasteiger partial charge in [-0.05, 0) is 153 Å². The number of allylic oxidation sites excluding steroid dienone is 4. The van der Waals surface area contributed by atoms with Gasteiger partial charge in [0.2, 0.25) is 0 Å². The van der Waals surface area contributed by atoms with Gasteiger partial charge in [0, 0.05) is 34.5 Å². The Balaban J connectivity index is 1.30. The highest BCUT2D eigenvalue weighted by atomic mass is 15.2. The molecule has 0 amide bonds. The summed E-state index contributed by atoms with van der Waals surface area (Å²) >= 11 is 0.